The first-order valence-corrected chi connectivity index (χ1v) is 15.4. The first-order valence-electron chi connectivity index (χ1n) is 13.2. The molecule has 3 rings (SSSR count). The molecule has 0 bridgehead atoms. The maximum atomic E-state index is 14.1. The minimum atomic E-state index is -4.82. The Balaban J connectivity index is 2.18. The molecule has 0 saturated heterocycles. The number of carbonyl (C=O) groups is 2. The van der Waals surface area contributed by atoms with Crippen LogP contribution in [0.25, 0.3) is 0 Å². The van der Waals surface area contributed by atoms with Crippen molar-refractivity contribution in [3.63, 3.8) is 0 Å². The molecule has 1 N–H and O–H groups in total. The average molecular weight is 659 g/mol. The van der Waals surface area contributed by atoms with E-state index in [1.165, 1.54) is 29.2 Å². The third kappa shape index (κ3) is 8.64. The first kappa shape index (κ1) is 34.2. The minimum absolute atomic E-state index is 0.147. The standard InChI is InChI=1S/C30H32Cl2F3N3O4S/c1-5-25(28(40)36-29(2,3)4)37(18-20-11-9-10-14-23(20)31)27(39)19-38(43(41,42)22-12-7-6-8-13-22)26-17-21(30(33,34)35)15-16-24(26)32/h6-17,25H,5,18-19H2,1-4H3,(H,36,40)/t25-/m0/s1. The molecule has 2 amide bonds. The predicted molar refractivity (Wildman–Crippen MR) is 161 cm³/mol. The summed E-state index contributed by atoms with van der Waals surface area (Å²) in [6.07, 6.45) is -4.67. The van der Waals surface area contributed by atoms with Gasteiger partial charge in [0.1, 0.15) is 12.6 Å². The number of anilines is 1. The topological polar surface area (TPSA) is 86.8 Å². The van der Waals surface area contributed by atoms with E-state index in [1.807, 2.05) is 0 Å². The molecule has 0 unspecified atom stereocenters. The summed E-state index contributed by atoms with van der Waals surface area (Å²) in [6, 6.07) is 14.7. The number of alkyl halides is 3. The summed E-state index contributed by atoms with van der Waals surface area (Å²) in [7, 11) is -4.62. The van der Waals surface area contributed by atoms with Gasteiger partial charge in [-0.2, -0.15) is 13.2 Å². The van der Waals surface area contributed by atoms with Crippen molar-refractivity contribution in [1.82, 2.24) is 10.2 Å². The van der Waals surface area contributed by atoms with E-state index in [9.17, 15) is 31.2 Å². The van der Waals surface area contributed by atoms with Gasteiger partial charge in [0.2, 0.25) is 11.8 Å². The SMILES string of the molecule is CC[C@@H](C(=O)NC(C)(C)C)N(Cc1ccccc1Cl)C(=O)CN(c1cc(C(F)(F)F)ccc1Cl)S(=O)(=O)c1ccccc1. The second-order valence-electron chi connectivity index (χ2n) is 10.8. The van der Waals surface area contributed by atoms with Gasteiger partial charge in [-0.25, -0.2) is 8.42 Å². The summed E-state index contributed by atoms with van der Waals surface area (Å²) >= 11 is 12.7. The van der Waals surface area contributed by atoms with Gasteiger partial charge >= 0.3 is 6.18 Å². The molecule has 0 radical (unpaired) electrons. The van der Waals surface area contributed by atoms with Crippen LogP contribution in [0.4, 0.5) is 18.9 Å². The summed E-state index contributed by atoms with van der Waals surface area (Å²) in [5, 5.41) is 2.82. The number of nitrogens with zero attached hydrogens (tertiary/aromatic N) is 2. The van der Waals surface area contributed by atoms with Crippen LogP contribution in [0, 0.1) is 0 Å². The Morgan fingerprint density at radius 2 is 1.51 bits per heavy atom. The molecule has 13 heteroatoms. The van der Waals surface area contributed by atoms with Crippen molar-refractivity contribution < 1.29 is 31.2 Å². The Bertz CT molecular complexity index is 1560. The van der Waals surface area contributed by atoms with E-state index in [2.05, 4.69) is 5.32 Å². The molecule has 0 aliphatic heterocycles. The van der Waals surface area contributed by atoms with Crippen LogP contribution >= 0.6 is 23.2 Å². The van der Waals surface area contributed by atoms with Crippen LogP contribution in [-0.4, -0.2) is 43.3 Å². The Kier molecular flexibility index (Phi) is 10.8. The summed E-state index contributed by atoms with van der Waals surface area (Å²) < 4.78 is 69.4. The number of nitrogens with one attached hydrogen (secondary N) is 1. The van der Waals surface area contributed by atoms with E-state index in [4.69, 9.17) is 23.2 Å². The minimum Gasteiger partial charge on any atom is -0.350 e. The smallest absolute Gasteiger partial charge is 0.350 e. The third-order valence-corrected chi connectivity index (χ3v) is 8.80. The molecule has 0 aromatic heterocycles. The van der Waals surface area contributed by atoms with Crippen LogP contribution in [0.2, 0.25) is 10.0 Å². The molecule has 0 spiro atoms. The van der Waals surface area contributed by atoms with Gasteiger partial charge in [0.05, 0.1) is 21.2 Å². The number of hydrogen-bond donors (Lipinski definition) is 1. The molecule has 232 valence electrons. The van der Waals surface area contributed by atoms with Crippen molar-refractivity contribution in [2.75, 3.05) is 10.8 Å². The fourth-order valence-electron chi connectivity index (χ4n) is 4.30. The maximum absolute atomic E-state index is 14.1. The summed E-state index contributed by atoms with van der Waals surface area (Å²) in [5.74, 6) is -1.35. The number of amides is 2. The average Bonchev–Trinajstić information content (AvgIpc) is 2.91. The molecule has 0 saturated carbocycles. The maximum Gasteiger partial charge on any atom is 0.416 e. The zero-order valence-electron chi connectivity index (χ0n) is 24.0. The van der Waals surface area contributed by atoms with Gasteiger partial charge in [0, 0.05) is 17.1 Å². The molecule has 0 aliphatic rings. The number of sulfonamides is 1. The lowest BCUT2D eigenvalue weighted by Crippen LogP contribution is -2.55. The van der Waals surface area contributed by atoms with Gasteiger partial charge in [-0.3, -0.25) is 13.9 Å². The summed E-state index contributed by atoms with van der Waals surface area (Å²) in [4.78, 5) is 28.4. The first-order chi connectivity index (χ1) is 20.0. The second-order valence-corrected chi connectivity index (χ2v) is 13.4. The van der Waals surface area contributed by atoms with Gasteiger partial charge in [-0.15, -0.1) is 0 Å². The van der Waals surface area contributed by atoms with E-state index in [0.29, 0.717) is 27.0 Å². The molecule has 0 fully saturated rings. The highest BCUT2D eigenvalue weighted by atomic mass is 35.5. The summed E-state index contributed by atoms with van der Waals surface area (Å²) in [5.41, 5.74) is -1.87. The van der Waals surface area contributed by atoms with Crippen LogP contribution in [0.3, 0.4) is 0 Å². The van der Waals surface area contributed by atoms with Gasteiger partial charge in [0.15, 0.2) is 0 Å². The van der Waals surface area contributed by atoms with Crippen LogP contribution in [0.1, 0.15) is 45.2 Å². The molecule has 0 aliphatic carbocycles. The molecule has 3 aromatic rings. The van der Waals surface area contributed by atoms with Crippen molar-refractivity contribution in [2.45, 2.75) is 63.3 Å². The highest BCUT2D eigenvalue weighted by molar-refractivity contribution is 7.92. The molecule has 43 heavy (non-hydrogen) atoms. The Morgan fingerprint density at radius 1 is 0.907 bits per heavy atom. The Labute approximate surface area is 259 Å². The van der Waals surface area contributed by atoms with E-state index in [0.717, 1.165) is 6.07 Å². The highest BCUT2D eigenvalue weighted by Gasteiger charge is 2.37. The highest BCUT2D eigenvalue weighted by Crippen LogP contribution is 2.37. The predicted octanol–water partition coefficient (Wildman–Crippen LogP) is 6.93. The van der Waals surface area contributed by atoms with Crippen LogP contribution < -0.4 is 9.62 Å². The fourth-order valence-corrected chi connectivity index (χ4v) is 6.21. The van der Waals surface area contributed by atoms with Gasteiger partial charge in [-0.1, -0.05) is 66.5 Å². The van der Waals surface area contributed by atoms with Crippen molar-refractivity contribution in [3.05, 3.63) is 94.0 Å². The molecule has 3 aromatic carbocycles. The van der Waals surface area contributed by atoms with Crippen LogP contribution in [0.5, 0.6) is 0 Å². The molecule has 0 heterocycles. The van der Waals surface area contributed by atoms with Crippen LogP contribution in [0.15, 0.2) is 77.7 Å². The van der Waals surface area contributed by atoms with E-state index in [1.54, 1.807) is 58.0 Å². The molecular weight excluding hydrogens is 626 g/mol. The third-order valence-electron chi connectivity index (χ3n) is 6.33. The molecule has 1 atom stereocenters. The normalized spacial score (nSPS) is 12.9. The largest absolute Gasteiger partial charge is 0.416 e. The van der Waals surface area contributed by atoms with Gasteiger partial charge in [0.25, 0.3) is 10.0 Å². The van der Waals surface area contributed by atoms with Crippen molar-refractivity contribution in [3.8, 4) is 0 Å². The number of carbonyl (C=O) groups excluding carboxylic acids is 2. The van der Waals surface area contributed by atoms with Crippen molar-refractivity contribution in [2.24, 2.45) is 0 Å². The zero-order chi connectivity index (χ0) is 32.2. The van der Waals surface area contributed by atoms with Crippen molar-refractivity contribution >= 4 is 50.7 Å². The monoisotopic (exact) mass is 657 g/mol. The number of rotatable bonds is 10. The number of hydrogen-bond acceptors (Lipinski definition) is 4. The number of benzene rings is 3. The molecular formula is C30H32Cl2F3N3O4S. The second kappa shape index (κ2) is 13.6. The lowest BCUT2D eigenvalue weighted by molar-refractivity contribution is -0.141. The lowest BCUT2D eigenvalue weighted by atomic mass is 10.1. The van der Waals surface area contributed by atoms with Gasteiger partial charge in [-0.05, 0) is 69.2 Å². The summed E-state index contributed by atoms with van der Waals surface area (Å²) in [6.45, 7) is 5.85. The quantitative estimate of drug-likeness (QED) is 0.256. The molecule has 7 nitrogen and oxygen atoms in total. The van der Waals surface area contributed by atoms with Crippen molar-refractivity contribution in [1.29, 1.82) is 0 Å². The fraction of sp³-hybridized carbons (Fsp3) is 0.333. The Hall–Kier alpha value is -3.28. The van der Waals surface area contributed by atoms with Gasteiger partial charge < -0.3 is 10.2 Å². The lowest BCUT2D eigenvalue weighted by Gasteiger charge is -2.35. The van der Waals surface area contributed by atoms with E-state index in [-0.39, 0.29) is 22.9 Å². The number of halogens is 5. The van der Waals surface area contributed by atoms with E-state index < -0.39 is 57.4 Å². The van der Waals surface area contributed by atoms with Crippen LogP contribution in [-0.2, 0) is 32.3 Å². The van der Waals surface area contributed by atoms with E-state index >= 15 is 0 Å². The Morgan fingerprint density at radius 3 is 2.07 bits per heavy atom. The zero-order valence-corrected chi connectivity index (χ0v) is 26.3.